The number of aliphatic carboxylic acids is 2. The molecule has 0 aromatic carbocycles. The molecule has 0 rings (SSSR count). The van der Waals surface area contributed by atoms with Crippen molar-refractivity contribution in [2.45, 2.75) is 56.3 Å². The molecule has 0 aromatic rings. The van der Waals surface area contributed by atoms with Crippen LogP contribution < -0.4 is 44.6 Å². The third-order valence-corrected chi connectivity index (χ3v) is 5.06. The highest BCUT2D eigenvalue weighted by molar-refractivity contribution is 7.80. The Morgan fingerprint density at radius 2 is 1.19 bits per heavy atom. The molecular weight excluding hydrogens is 512 g/mol. The first-order valence-electron chi connectivity index (χ1n) is 11.1. The lowest BCUT2D eigenvalue weighted by molar-refractivity contribution is -0.143. The molecule has 0 saturated heterocycles. The van der Waals surface area contributed by atoms with E-state index in [2.05, 4.69) is 38.6 Å². The van der Waals surface area contributed by atoms with Crippen LogP contribution in [0.2, 0.25) is 0 Å². The van der Waals surface area contributed by atoms with Crippen molar-refractivity contribution in [3.63, 3.8) is 0 Å². The van der Waals surface area contributed by atoms with E-state index in [4.69, 9.17) is 33.8 Å². The maximum atomic E-state index is 12.7. The lowest BCUT2D eigenvalue weighted by Gasteiger charge is -2.23. The Bertz CT molecular complexity index is 862. The number of amides is 3. The number of hydrogen-bond acceptors (Lipinski definition) is 9. The van der Waals surface area contributed by atoms with E-state index in [9.17, 15) is 29.1 Å². The monoisotopic (exact) mass is 548 g/mol. The van der Waals surface area contributed by atoms with Gasteiger partial charge in [0, 0.05) is 18.8 Å². The van der Waals surface area contributed by atoms with Gasteiger partial charge in [-0.2, -0.15) is 12.6 Å². The maximum absolute atomic E-state index is 12.7. The van der Waals surface area contributed by atoms with Gasteiger partial charge in [0.15, 0.2) is 11.9 Å². The van der Waals surface area contributed by atoms with Gasteiger partial charge in [0.1, 0.15) is 18.1 Å². The Hall–Kier alpha value is -3.80. The fourth-order valence-electron chi connectivity index (χ4n) is 2.81. The third kappa shape index (κ3) is 15.0. The van der Waals surface area contributed by atoms with E-state index in [1.54, 1.807) is 0 Å². The minimum absolute atomic E-state index is 0.0675. The normalized spacial score (nSPS) is 13.7. The highest BCUT2D eigenvalue weighted by Gasteiger charge is 2.31. The van der Waals surface area contributed by atoms with Crippen molar-refractivity contribution in [2.24, 2.45) is 38.7 Å². The van der Waals surface area contributed by atoms with Gasteiger partial charge in [0.05, 0.1) is 12.5 Å². The summed E-state index contributed by atoms with van der Waals surface area (Å²) in [5.41, 5.74) is 26.6. The number of nitrogens with zero attached hydrogens (tertiary/aromatic N) is 2. The standard InChI is InChI=1S/C19H36N10O7S/c20-9(3-1-5-25-18(21)22)14(32)29-12(8-37)16(34)28-11(7-13(30)31)15(33)27-10(17(35)36)4-2-6-26-19(23)24/h9-12,37H,1-8,20H2,(H,27,33)(H,28,34)(H,29,32)(H,30,31)(H,35,36)(H4,21,22,25)(H4,23,24,26). The predicted octanol–water partition coefficient (Wildman–Crippen LogP) is -4.64. The predicted molar refractivity (Wildman–Crippen MR) is 137 cm³/mol. The summed E-state index contributed by atoms with van der Waals surface area (Å²) in [5, 5.41) is 25.3. The molecule has 0 spiro atoms. The van der Waals surface area contributed by atoms with Crippen molar-refractivity contribution >= 4 is 54.2 Å². The lowest BCUT2D eigenvalue weighted by Crippen LogP contribution is -2.58. The molecule has 0 radical (unpaired) electrons. The van der Waals surface area contributed by atoms with Crippen molar-refractivity contribution in [1.82, 2.24) is 16.0 Å². The number of guanidine groups is 2. The Labute approximate surface area is 218 Å². The van der Waals surface area contributed by atoms with Crippen LogP contribution in [0.1, 0.15) is 32.1 Å². The number of hydrogen-bond donors (Lipinski definition) is 11. The van der Waals surface area contributed by atoms with Gasteiger partial charge >= 0.3 is 11.9 Å². The van der Waals surface area contributed by atoms with E-state index in [0.717, 1.165) is 0 Å². The first-order chi connectivity index (χ1) is 17.3. The summed E-state index contributed by atoms with van der Waals surface area (Å²) in [4.78, 5) is 67.9. The summed E-state index contributed by atoms with van der Waals surface area (Å²) in [7, 11) is 0. The first-order valence-corrected chi connectivity index (χ1v) is 11.7. The summed E-state index contributed by atoms with van der Waals surface area (Å²) in [6.45, 7) is 0.356. The van der Waals surface area contributed by atoms with Crippen LogP contribution in [0.25, 0.3) is 0 Å². The van der Waals surface area contributed by atoms with E-state index in [0.29, 0.717) is 6.42 Å². The van der Waals surface area contributed by atoms with Crippen LogP contribution in [0.5, 0.6) is 0 Å². The third-order valence-electron chi connectivity index (χ3n) is 4.69. The molecule has 210 valence electrons. The van der Waals surface area contributed by atoms with Gasteiger partial charge in [0.2, 0.25) is 17.7 Å². The van der Waals surface area contributed by atoms with Gasteiger partial charge in [-0.3, -0.25) is 29.2 Å². The zero-order valence-corrected chi connectivity index (χ0v) is 21.0. The Morgan fingerprint density at radius 3 is 1.65 bits per heavy atom. The minimum Gasteiger partial charge on any atom is -0.481 e. The molecule has 17 nitrogen and oxygen atoms in total. The molecule has 0 aliphatic heterocycles. The number of thiol groups is 1. The Morgan fingerprint density at radius 1 is 0.730 bits per heavy atom. The summed E-state index contributed by atoms with van der Waals surface area (Å²) in [6.07, 6.45) is -0.127. The quantitative estimate of drug-likeness (QED) is 0.0333. The molecule has 15 N–H and O–H groups in total. The van der Waals surface area contributed by atoms with Crippen LogP contribution in [0.4, 0.5) is 0 Å². The van der Waals surface area contributed by atoms with Crippen LogP contribution in [-0.2, 0) is 24.0 Å². The molecule has 0 bridgehead atoms. The summed E-state index contributed by atoms with van der Waals surface area (Å²) < 4.78 is 0. The maximum Gasteiger partial charge on any atom is 0.326 e. The number of carboxylic acids is 2. The van der Waals surface area contributed by atoms with Crippen molar-refractivity contribution < 1.29 is 34.2 Å². The lowest BCUT2D eigenvalue weighted by atomic mass is 10.1. The van der Waals surface area contributed by atoms with E-state index in [1.165, 1.54) is 0 Å². The van der Waals surface area contributed by atoms with E-state index in [-0.39, 0.29) is 50.0 Å². The zero-order valence-electron chi connectivity index (χ0n) is 20.1. The largest absolute Gasteiger partial charge is 0.481 e. The second kappa shape index (κ2) is 17.6. The molecule has 4 atom stereocenters. The second-order valence-corrected chi connectivity index (χ2v) is 8.17. The fraction of sp³-hybridized carbons (Fsp3) is 0.632. The van der Waals surface area contributed by atoms with E-state index in [1.807, 2.05) is 0 Å². The highest BCUT2D eigenvalue weighted by atomic mass is 32.1. The van der Waals surface area contributed by atoms with Crippen LogP contribution in [0.3, 0.4) is 0 Å². The van der Waals surface area contributed by atoms with Crippen LogP contribution >= 0.6 is 12.6 Å². The number of carboxylic acid groups (broad SMARTS) is 2. The van der Waals surface area contributed by atoms with Gasteiger partial charge < -0.3 is 54.8 Å². The molecular formula is C19H36N10O7S. The number of carbonyl (C=O) groups is 5. The van der Waals surface area contributed by atoms with Crippen LogP contribution in [0, 0.1) is 0 Å². The molecule has 4 unspecified atom stereocenters. The first kappa shape index (κ1) is 33.2. The molecule has 0 aromatic heterocycles. The van der Waals surface area contributed by atoms with Crippen molar-refractivity contribution in [2.75, 3.05) is 18.8 Å². The topological polar surface area (TPSA) is 317 Å². The highest BCUT2D eigenvalue weighted by Crippen LogP contribution is 2.03. The molecule has 0 heterocycles. The number of carbonyl (C=O) groups excluding carboxylic acids is 3. The zero-order chi connectivity index (χ0) is 28.5. The number of nitrogens with two attached hydrogens (primary N) is 5. The number of rotatable bonds is 18. The smallest absolute Gasteiger partial charge is 0.326 e. The molecule has 0 saturated carbocycles. The number of aliphatic imine (C=N–C) groups is 2. The van der Waals surface area contributed by atoms with Gasteiger partial charge in [-0.1, -0.05) is 0 Å². The summed E-state index contributed by atoms with van der Waals surface area (Å²) >= 11 is 4.01. The average molecular weight is 549 g/mol. The molecule has 0 aliphatic rings. The van der Waals surface area contributed by atoms with Gasteiger partial charge in [-0.15, -0.1) is 0 Å². The Balaban J connectivity index is 5.18. The van der Waals surface area contributed by atoms with Crippen LogP contribution in [-0.4, -0.2) is 94.8 Å². The van der Waals surface area contributed by atoms with Crippen molar-refractivity contribution in [3.05, 3.63) is 0 Å². The molecule has 18 heteroatoms. The van der Waals surface area contributed by atoms with Crippen molar-refractivity contribution in [1.29, 1.82) is 0 Å². The van der Waals surface area contributed by atoms with E-state index >= 15 is 0 Å². The van der Waals surface area contributed by atoms with Crippen LogP contribution in [0.15, 0.2) is 9.98 Å². The molecule has 3 amide bonds. The van der Waals surface area contributed by atoms with Crippen molar-refractivity contribution in [3.8, 4) is 0 Å². The molecule has 0 fully saturated rings. The van der Waals surface area contributed by atoms with Gasteiger partial charge in [-0.05, 0) is 25.7 Å². The van der Waals surface area contributed by atoms with E-state index < -0.39 is 60.2 Å². The van der Waals surface area contributed by atoms with Gasteiger partial charge in [0.25, 0.3) is 0 Å². The molecule has 37 heavy (non-hydrogen) atoms. The number of nitrogens with one attached hydrogen (secondary N) is 3. The van der Waals surface area contributed by atoms with Gasteiger partial charge in [-0.25, -0.2) is 4.79 Å². The summed E-state index contributed by atoms with van der Waals surface area (Å²) in [6, 6.07) is -5.30. The summed E-state index contributed by atoms with van der Waals surface area (Å²) in [5.74, 6) is -5.97. The molecule has 0 aliphatic carbocycles. The SMILES string of the molecule is NC(N)=NCCCC(N)C(=O)NC(CS)C(=O)NC(CC(=O)O)C(=O)NC(CCCN=C(N)N)C(=O)O. The second-order valence-electron chi connectivity index (χ2n) is 7.81. The fourth-order valence-corrected chi connectivity index (χ4v) is 3.07. The average Bonchev–Trinajstić information content (AvgIpc) is 2.80. The Kier molecular flexibility index (Phi) is 15.8. The minimum atomic E-state index is -1.64.